The molecule has 1 aromatic carbocycles. The molecule has 0 bridgehead atoms. The van der Waals surface area contributed by atoms with Crippen molar-refractivity contribution in [2.45, 2.75) is 64.8 Å². The maximum Gasteiger partial charge on any atom is 0.408 e. The topological polar surface area (TPSA) is 78.9 Å². The van der Waals surface area contributed by atoms with Gasteiger partial charge in [0.1, 0.15) is 12.6 Å². The third-order valence-electron chi connectivity index (χ3n) is 4.86. The number of aliphatic hydroxyl groups is 1. The summed E-state index contributed by atoms with van der Waals surface area (Å²) in [6, 6.07) is 8.57. The number of nitrogens with zero attached hydrogens (tertiary/aromatic N) is 1. The van der Waals surface area contributed by atoms with Crippen LogP contribution in [0.5, 0.6) is 0 Å². The van der Waals surface area contributed by atoms with Gasteiger partial charge in [0, 0.05) is 6.54 Å². The standard InChI is InChI=1S/C20H30N2O4/c1-4-17(23)16-11-8-12-22(16)19(24)18(14(2)3)21-20(25)26-13-15-9-6-5-7-10-15/h5-7,9-10,14,16-18,23H,4,8,11-13H2,1-3H3,(H,21,25)/t16?,17-,18-/m0/s1. The lowest BCUT2D eigenvalue weighted by Gasteiger charge is -2.32. The Bertz CT molecular complexity index is 591. The van der Waals surface area contributed by atoms with E-state index in [2.05, 4.69) is 5.32 Å². The van der Waals surface area contributed by atoms with Crippen LogP contribution in [0.2, 0.25) is 0 Å². The fourth-order valence-electron chi connectivity index (χ4n) is 3.32. The van der Waals surface area contributed by atoms with E-state index in [0.717, 1.165) is 18.4 Å². The summed E-state index contributed by atoms with van der Waals surface area (Å²) >= 11 is 0. The van der Waals surface area contributed by atoms with Gasteiger partial charge in [0.25, 0.3) is 0 Å². The molecule has 1 aromatic rings. The third-order valence-corrected chi connectivity index (χ3v) is 4.86. The number of hydrogen-bond donors (Lipinski definition) is 2. The highest BCUT2D eigenvalue weighted by Gasteiger charge is 2.38. The molecule has 0 spiro atoms. The molecule has 0 radical (unpaired) electrons. The number of likely N-dealkylation sites (tertiary alicyclic amines) is 1. The molecule has 26 heavy (non-hydrogen) atoms. The minimum Gasteiger partial charge on any atom is -0.445 e. The minimum absolute atomic E-state index is 0.0770. The monoisotopic (exact) mass is 362 g/mol. The fourth-order valence-corrected chi connectivity index (χ4v) is 3.32. The number of benzene rings is 1. The zero-order valence-corrected chi connectivity index (χ0v) is 15.9. The second-order valence-corrected chi connectivity index (χ2v) is 7.14. The molecule has 6 heteroatoms. The van der Waals surface area contributed by atoms with Gasteiger partial charge < -0.3 is 20.1 Å². The quantitative estimate of drug-likeness (QED) is 0.782. The van der Waals surface area contributed by atoms with Gasteiger partial charge in [-0.05, 0) is 30.7 Å². The Morgan fingerprint density at radius 2 is 2.00 bits per heavy atom. The smallest absolute Gasteiger partial charge is 0.408 e. The summed E-state index contributed by atoms with van der Waals surface area (Å²) in [4.78, 5) is 26.9. The van der Waals surface area contributed by atoms with Crippen LogP contribution in [0.3, 0.4) is 0 Å². The van der Waals surface area contributed by atoms with Gasteiger partial charge in [-0.1, -0.05) is 51.1 Å². The molecule has 1 heterocycles. The Morgan fingerprint density at radius 1 is 1.31 bits per heavy atom. The first-order valence-corrected chi connectivity index (χ1v) is 9.39. The van der Waals surface area contributed by atoms with Crippen LogP contribution in [0.15, 0.2) is 30.3 Å². The molecular weight excluding hydrogens is 332 g/mol. The molecule has 3 atom stereocenters. The normalized spacial score (nSPS) is 19.3. The lowest BCUT2D eigenvalue weighted by molar-refractivity contribution is -0.137. The zero-order chi connectivity index (χ0) is 19.1. The average molecular weight is 362 g/mol. The first kappa shape index (κ1) is 20.2. The average Bonchev–Trinajstić information content (AvgIpc) is 3.13. The van der Waals surface area contributed by atoms with Gasteiger partial charge >= 0.3 is 6.09 Å². The van der Waals surface area contributed by atoms with Crippen LogP contribution in [0.1, 0.15) is 45.6 Å². The molecule has 1 unspecified atom stereocenters. The van der Waals surface area contributed by atoms with Crippen LogP contribution in [0, 0.1) is 5.92 Å². The number of amides is 2. The van der Waals surface area contributed by atoms with E-state index in [-0.39, 0.29) is 24.5 Å². The highest BCUT2D eigenvalue weighted by molar-refractivity contribution is 5.86. The molecule has 0 saturated carbocycles. The molecule has 1 aliphatic heterocycles. The van der Waals surface area contributed by atoms with Crippen molar-refractivity contribution in [3.05, 3.63) is 35.9 Å². The number of alkyl carbamates (subject to hydrolysis) is 1. The summed E-state index contributed by atoms with van der Waals surface area (Å²) in [6.07, 6.45) is 1.14. The van der Waals surface area contributed by atoms with Crippen LogP contribution in [-0.4, -0.2) is 46.7 Å². The highest BCUT2D eigenvalue weighted by atomic mass is 16.5. The lowest BCUT2D eigenvalue weighted by Crippen LogP contribution is -2.54. The van der Waals surface area contributed by atoms with Gasteiger partial charge in [-0.15, -0.1) is 0 Å². The number of carbonyl (C=O) groups is 2. The van der Waals surface area contributed by atoms with E-state index in [0.29, 0.717) is 13.0 Å². The predicted octanol–water partition coefficient (Wildman–Crippen LogP) is 2.70. The van der Waals surface area contributed by atoms with E-state index in [1.54, 1.807) is 4.90 Å². The first-order chi connectivity index (χ1) is 12.4. The van der Waals surface area contributed by atoms with Crippen molar-refractivity contribution < 1.29 is 19.4 Å². The van der Waals surface area contributed by atoms with Crippen molar-refractivity contribution in [3.63, 3.8) is 0 Å². The Balaban J connectivity index is 1.96. The van der Waals surface area contributed by atoms with Crippen molar-refractivity contribution in [3.8, 4) is 0 Å². The molecule has 1 fully saturated rings. The van der Waals surface area contributed by atoms with Crippen LogP contribution < -0.4 is 5.32 Å². The van der Waals surface area contributed by atoms with Crippen molar-refractivity contribution >= 4 is 12.0 Å². The van der Waals surface area contributed by atoms with E-state index in [9.17, 15) is 14.7 Å². The molecular formula is C20H30N2O4. The molecule has 144 valence electrons. The summed E-state index contributed by atoms with van der Waals surface area (Å²) in [7, 11) is 0. The Kier molecular flexibility index (Phi) is 7.45. The van der Waals surface area contributed by atoms with Crippen LogP contribution >= 0.6 is 0 Å². The van der Waals surface area contributed by atoms with Crippen LogP contribution in [0.25, 0.3) is 0 Å². The summed E-state index contributed by atoms with van der Waals surface area (Å²) in [5.74, 6) is -0.224. The van der Waals surface area contributed by atoms with Crippen LogP contribution in [0.4, 0.5) is 4.79 Å². The fraction of sp³-hybridized carbons (Fsp3) is 0.600. The van der Waals surface area contributed by atoms with Gasteiger partial charge in [-0.2, -0.15) is 0 Å². The number of aliphatic hydroxyl groups excluding tert-OH is 1. The molecule has 1 saturated heterocycles. The number of hydrogen-bond acceptors (Lipinski definition) is 4. The third kappa shape index (κ3) is 5.21. The van der Waals surface area contributed by atoms with Gasteiger partial charge in [0.15, 0.2) is 0 Å². The maximum atomic E-state index is 13.0. The molecule has 0 aromatic heterocycles. The molecule has 2 rings (SSSR count). The summed E-state index contributed by atoms with van der Waals surface area (Å²) < 4.78 is 5.25. The second kappa shape index (κ2) is 9.57. The van der Waals surface area contributed by atoms with Crippen LogP contribution in [-0.2, 0) is 16.1 Å². The Labute approximate surface area is 155 Å². The van der Waals surface area contributed by atoms with Gasteiger partial charge in [-0.3, -0.25) is 4.79 Å². The number of nitrogens with one attached hydrogen (secondary N) is 1. The van der Waals surface area contributed by atoms with Crippen molar-refractivity contribution in [2.24, 2.45) is 5.92 Å². The maximum absolute atomic E-state index is 13.0. The first-order valence-electron chi connectivity index (χ1n) is 9.39. The zero-order valence-electron chi connectivity index (χ0n) is 15.9. The Hall–Kier alpha value is -2.08. The van der Waals surface area contributed by atoms with Gasteiger partial charge in [0.2, 0.25) is 5.91 Å². The SMILES string of the molecule is CC[C@H](O)C1CCCN1C(=O)[C@@H](NC(=O)OCc1ccccc1)C(C)C. The van der Waals surface area contributed by atoms with E-state index < -0.39 is 18.2 Å². The molecule has 2 amide bonds. The number of rotatable bonds is 7. The van der Waals surface area contributed by atoms with E-state index in [4.69, 9.17) is 4.74 Å². The lowest BCUT2D eigenvalue weighted by atomic mass is 10.0. The Morgan fingerprint density at radius 3 is 2.62 bits per heavy atom. The largest absolute Gasteiger partial charge is 0.445 e. The summed E-state index contributed by atoms with van der Waals surface area (Å²) in [5.41, 5.74) is 0.890. The predicted molar refractivity (Wildman–Crippen MR) is 99.4 cm³/mol. The molecule has 6 nitrogen and oxygen atoms in total. The number of carbonyl (C=O) groups excluding carboxylic acids is 2. The van der Waals surface area contributed by atoms with E-state index >= 15 is 0 Å². The van der Waals surface area contributed by atoms with E-state index in [1.807, 2.05) is 51.1 Å². The summed E-state index contributed by atoms with van der Waals surface area (Å²) in [6.45, 7) is 6.46. The van der Waals surface area contributed by atoms with Gasteiger partial charge in [-0.25, -0.2) is 4.79 Å². The van der Waals surface area contributed by atoms with E-state index in [1.165, 1.54) is 0 Å². The molecule has 0 aliphatic carbocycles. The number of ether oxygens (including phenoxy) is 1. The van der Waals surface area contributed by atoms with Gasteiger partial charge in [0.05, 0.1) is 12.1 Å². The summed E-state index contributed by atoms with van der Waals surface area (Å²) in [5, 5.41) is 12.9. The second-order valence-electron chi connectivity index (χ2n) is 7.14. The van der Waals surface area contributed by atoms with Crippen molar-refractivity contribution in [2.75, 3.05) is 6.54 Å². The highest BCUT2D eigenvalue weighted by Crippen LogP contribution is 2.24. The molecule has 2 N–H and O–H groups in total. The van der Waals surface area contributed by atoms with Crippen molar-refractivity contribution in [1.82, 2.24) is 10.2 Å². The molecule has 1 aliphatic rings. The minimum atomic E-state index is -0.664. The van der Waals surface area contributed by atoms with Crippen molar-refractivity contribution in [1.29, 1.82) is 0 Å².